The normalized spacial score (nSPS) is 12.3. The van der Waals surface area contributed by atoms with Crippen LogP contribution in [0.15, 0.2) is 36.4 Å². The van der Waals surface area contributed by atoms with Crippen LogP contribution in [0.1, 0.15) is 5.56 Å². The van der Waals surface area contributed by atoms with Crippen LogP contribution >= 0.6 is 0 Å². The minimum absolute atomic E-state index is 0.250. The number of esters is 1. The number of phenols is 1. The van der Waals surface area contributed by atoms with Gasteiger partial charge < -0.3 is 15.6 Å². The summed E-state index contributed by atoms with van der Waals surface area (Å²) in [5.74, 6) is -0.0550. The van der Waals surface area contributed by atoms with E-state index in [0.717, 1.165) is 16.3 Å². The molecule has 0 aliphatic rings. The van der Waals surface area contributed by atoms with Crippen LogP contribution in [-0.4, -0.2) is 24.2 Å². The fourth-order valence-electron chi connectivity index (χ4n) is 1.94. The van der Waals surface area contributed by atoms with Crippen LogP contribution in [0, 0.1) is 0 Å². The molecule has 94 valence electrons. The Bertz CT molecular complexity index is 580. The number of aromatic hydroxyl groups is 1. The molecular formula is C14H16NO3+. The maximum absolute atomic E-state index is 11.3. The van der Waals surface area contributed by atoms with Crippen molar-refractivity contribution in [2.45, 2.75) is 12.5 Å². The monoisotopic (exact) mass is 246 g/mol. The van der Waals surface area contributed by atoms with Gasteiger partial charge in [0.15, 0.2) is 6.04 Å². The number of quaternary nitrogens is 1. The molecule has 0 saturated carbocycles. The molecule has 0 saturated heterocycles. The second kappa shape index (κ2) is 5.06. The molecule has 0 aliphatic heterocycles. The van der Waals surface area contributed by atoms with Crippen LogP contribution in [0.5, 0.6) is 5.75 Å². The first kappa shape index (κ1) is 12.4. The number of hydrogen-bond donors (Lipinski definition) is 2. The average molecular weight is 246 g/mol. The maximum Gasteiger partial charge on any atom is 0.364 e. The molecule has 0 aromatic heterocycles. The molecular weight excluding hydrogens is 230 g/mol. The largest absolute Gasteiger partial charge is 0.508 e. The lowest BCUT2D eigenvalue weighted by atomic mass is 10.0. The highest BCUT2D eigenvalue weighted by molar-refractivity contribution is 5.84. The van der Waals surface area contributed by atoms with E-state index in [1.807, 2.05) is 24.3 Å². The van der Waals surface area contributed by atoms with Gasteiger partial charge in [0.2, 0.25) is 0 Å². The third-order valence-corrected chi connectivity index (χ3v) is 2.90. The zero-order valence-corrected chi connectivity index (χ0v) is 10.2. The van der Waals surface area contributed by atoms with E-state index in [2.05, 4.69) is 10.5 Å². The SMILES string of the molecule is COC(=O)C([NH3+])Cc1ccc2cc(O)ccc2c1. The van der Waals surface area contributed by atoms with E-state index >= 15 is 0 Å². The molecule has 0 spiro atoms. The highest BCUT2D eigenvalue weighted by Gasteiger charge is 2.18. The fourth-order valence-corrected chi connectivity index (χ4v) is 1.94. The Morgan fingerprint density at radius 3 is 2.67 bits per heavy atom. The van der Waals surface area contributed by atoms with Crippen molar-refractivity contribution >= 4 is 16.7 Å². The Morgan fingerprint density at radius 1 is 1.28 bits per heavy atom. The van der Waals surface area contributed by atoms with Crippen molar-refractivity contribution in [2.75, 3.05) is 7.11 Å². The molecule has 4 heteroatoms. The standard InChI is InChI=1S/C14H15NO3/c1-18-14(17)13(15)7-9-2-3-11-8-12(16)5-4-10(11)6-9/h2-6,8,13,16H,7,15H2,1H3/p+1. The number of carbonyl (C=O) groups excluding carboxylic acids is 1. The van der Waals surface area contributed by atoms with Crippen molar-refractivity contribution in [3.8, 4) is 5.75 Å². The molecule has 18 heavy (non-hydrogen) atoms. The smallest absolute Gasteiger partial charge is 0.364 e. The lowest BCUT2D eigenvalue weighted by molar-refractivity contribution is -0.407. The summed E-state index contributed by atoms with van der Waals surface area (Å²) in [5, 5.41) is 11.4. The molecule has 4 nitrogen and oxygen atoms in total. The highest BCUT2D eigenvalue weighted by Crippen LogP contribution is 2.21. The van der Waals surface area contributed by atoms with Crippen molar-refractivity contribution in [1.29, 1.82) is 0 Å². The Hall–Kier alpha value is -2.07. The first-order valence-corrected chi connectivity index (χ1v) is 5.72. The predicted molar refractivity (Wildman–Crippen MR) is 68.0 cm³/mol. The van der Waals surface area contributed by atoms with Crippen LogP contribution in [0.2, 0.25) is 0 Å². The van der Waals surface area contributed by atoms with Crippen LogP contribution in [0.4, 0.5) is 0 Å². The van der Waals surface area contributed by atoms with Crippen LogP contribution in [-0.2, 0) is 16.0 Å². The average Bonchev–Trinajstić information content (AvgIpc) is 2.38. The van der Waals surface area contributed by atoms with Crippen LogP contribution in [0.25, 0.3) is 10.8 Å². The molecule has 4 N–H and O–H groups in total. The minimum atomic E-state index is -0.399. The van der Waals surface area contributed by atoms with Gasteiger partial charge >= 0.3 is 5.97 Å². The molecule has 0 amide bonds. The molecule has 2 aromatic rings. The lowest BCUT2D eigenvalue weighted by Crippen LogP contribution is -2.66. The zero-order valence-electron chi connectivity index (χ0n) is 10.2. The Morgan fingerprint density at radius 2 is 1.94 bits per heavy atom. The molecule has 1 unspecified atom stereocenters. The van der Waals surface area contributed by atoms with Gasteiger partial charge in [0.05, 0.1) is 7.11 Å². The molecule has 0 aliphatic carbocycles. The van der Waals surface area contributed by atoms with E-state index in [1.165, 1.54) is 7.11 Å². The summed E-state index contributed by atoms with van der Waals surface area (Å²) in [4.78, 5) is 11.3. The van der Waals surface area contributed by atoms with Crippen LogP contribution < -0.4 is 5.73 Å². The van der Waals surface area contributed by atoms with Gasteiger partial charge in [-0.3, -0.25) is 0 Å². The van der Waals surface area contributed by atoms with Crippen molar-refractivity contribution in [3.05, 3.63) is 42.0 Å². The second-order valence-electron chi connectivity index (χ2n) is 4.29. The van der Waals surface area contributed by atoms with E-state index in [1.54, 1.807) is 12.1 Å². The second-order valence-corrected chi connectivity index (χ2v) is 4.29. The van der Waals surface area contributed by atoms with E-state index in [0.29, 0.717) is 6.42 Å². The van der Waals surface area contributed by atoms with Crippen LogP contribution in [0.3, 0.4) is 0 Å². The number of benzene rings is 2. The highest BCUT2D eigenvalue weighted by atomic mass is 16.5. The number of fused-ring (bicyclic) bond motifs is 1. The predicted octanol–water partition coefficient (Wildman–Crippen LogP) is 0.871. The quantitative estimate of drug-likeness (QED) is 0.789. The van der Waals surface area contributed by atoms with Gasteiger partial charge in [0, 0.05) is 6.42 Å². The van der Waals surface area contributed by atoms with Gasteiger partial charge in [0.25, 0.3) is 0 Å². The van der Waals surface area contributed by atoms with Gasteiger partial charge in [-0.05, 0) is 28.5 Å². The molecule has 0 fully saturated rings. The summed E-state index contributed by atoms with van der Waals surface area (Å²) in [6.07, 6.45) is 0.545. The number of rotatable bonds is 3. The Balaban J connectivity index is 2.25. The maximum atomic E-state index is 11.3. The minimum Gasteiger partial charge on any atom is -0.508 e. The third kappa shape index (κ3) is 2.60. The first-order chi connectivity index (χ1) is 8.60. The van der Waals surface area contributed by atoms with Gasteiger partial charge in [-0.25, -0.2) is 4.79 Å². The fraction of sp³-hybridized carbons (Fsp3) is 0.214. The molecule has 0 heterocycles. The summed E-state index contributed by atoms with van der Waals surface area (Å²) in [7, 11) is 1.36. The topological polar surface area (TPSA) is 74.2 Å². The van der Waals surface area contributed by atoms with Gasteiger partial charge in [0.1, 0.15) is 5.75 Å². The number of ether oxygens (including phenoxy) is 1. The summed E-state index contributed by atoms with van der Waals surface area (Å²) < 4.78 is 4.65. The number of carbonyl (C=O) groups is 1. The molecule has 1 atom stereocenters. The summed E-state index contributed by atoms with van der Waals surface area (Å²) in [6.45, 7) is 0. The summed E-state index contributed by atoms with van der Waals surface area (Å²) in [6, 6.07) is 10.7. The van der Waals surface area contributed by atoms with Crippen molar-refractivity contribution in [1.82, 2.24) is 0 Å². The lowest BCUT2D eigenvalue weighted by Gasteiger charge is -2.07. The number of methoxy groups -OCH3 is 1. The molecule has 2 rings (SSSR count). The van der Waals surface area contributed by atoms with E-state index in [-0.39, 0.29) is 11.7 Å². The van der Waals surface area contributed by atoms with Crippen molar-refractivity contribution in [3.63, 3.8) is 0 Å². The van der Waals surface area contributed by atoms with E-state index in [9.17, 15) is 9.90 Å². The first-order valence-electron chi connectivity index (χ1n) is 5.72. The van der Waals surface area contributed by atoms with Gasteiger partial charge in [-0.2, -0.15) is 0 Å². The molecule has 0 radical (unpaired) electrons. The molecule has 0 bridgehead atoms. The summed E-state index contributed by atoms with van der Waals surface area (Å²) in [5.41, 5.74) is 4.81. The van der Waals surface area contributed by atoms with Crippen molar-refractivity contribution in [2.24, 2.45) is 0 Å². The molecule has 2 aromatic carbocycles. The van der Waals surface area contributed by atoms with E-state index in [4.69, 9.17) is 0 Å². The third-order valence-electron chi connectivity index (χ3n) is 2.90. The van der Waals surface area contributed by atoms with Gasteiger partial charge in [-0.15, -0.1) is 0 Å². The summed E-state index contributed by atoms with van der Waals surface area (Å²) >= 11 is 0. The van der Waals surface area contributed by atoms with E-state index < -0.39 is 6.04 Å². The van der Waals surface area contributed by atoms with Crippen molar-refractivity contribution < 1.29 is 20.4 Å². The Kier molecular flexibility index (Phi) is 3.48. The zero-order chi connectivity index (χ0) is 13.1. The Labute approximate surface area is 105 Å². The van der Waals surface area contributed by atoms with Gasteiger partial charge in [-0.1, -0.05) is 24.3 Å². The number of phenolic OH excluding ortho intramolecular Hbond substituents is 1. The number of hydrogen-bond acceptors (Lipinski definition) is 3.